The summed E-state index contributed by atoms with van der Waals surface area (Å²) in [4.78, 5) is 11.3. The molecule has 0 fully saturated rings. The van der Waals surface area contributed by atoms with Gasteiger partial charge in [-0.05, 0) is 23.8 Å². The topological polar surface area (TPSA) is 29.1 Å². The number of nitrogens with one attached hydrogen (secondary N) is 1. The van der Waals surface area contributed by atoms with Crippen LogP contribution in [0.3, 0.4) is 0 Å². The Bertz CT molecular complexity index is 340. The van der Waals surface area contributed by atoms with Gasteiger partial charge in [-0.15, -0.1) is 12.4 Å². The fraction of sp³-hybridized carbons (Fsp3) is 0.222. The number of hydrogen-bond acceptors (Lipinski definition) is 2. The van der Waals surface area contributed by atoms with Crippen molar-refractivity contribution in [1.29, 1.82) is 0 Å². The molecule has 0 aliphatic carbocycles. The first-order valence-electron chi connectivity index (χ1n) is 3.80. The summed E-state index contributed by atoms with van der Waals surface area (Å²) in [7, 11) is 0. The lowest BCUT2D eigenvalue weighted by Crippen LogP contribution is -2.29. The Morgan fingerprint density at radius 3 is 2.85 bits per heavy atom. The van der Waals surface area contributed by atoms with Crippen molar-refractivity contribution in [2.24, 2.45) is 0 Å². The minimum Gasteiger partial charge on any atom is -0.306 e. The van der Waals surface area contributed by atoms with E-state index in [1.54, 1.807) is 0 Å². The molecular weight excluding hydrogens is 253 g/mol. The van der Waals surface area contributed by atoms with Gasteiger partial charge in [0.1, 0.15) is 0 Å². The predicted octanol–water partition coefficient (Wildman–Crippen LogP) is 2.16. The second-order valence-corrected chi connectivity index (χ2v) is 3.74. The Morgan fingerprint density at radius 2 is 2.08 bits per heavy atom. The van der Waals surface area contributed by atoms with Crippen LogP contribution in [0.5, 0.6) is 0 Å². The summed E-state index contributed by atoms with van der Waals surface area (Å²) in [6.45, 7) is 1.26. The SMILES string of the molecule is Cl.O=C1CNCc2cc(Br)ccc21. The van der Waals surface area contributed by atoms with E-state index in [1.165, 1.54) is 0 Å². The zero-order chi connectivity index (χ0) is 8.55. The summed E-state index contributed by atoms with van der Waals surface area (Å²) in [6.07, 6.45) is 0. The molecule has 0 saturated heterocycles. The molecule has 0 atom stereocenters. The van der Waals surface area contributed by atoms with Gasteiger partial charge in [0.15, 0.2) is 5.78 Å². The van der Waals surface area contributed by atoms with Crippen molar-refractivity contribution < 1.29 is 4.79 Å². The van der Waals surface area contributed by atoms with Crippen LogP contribution in [0.15, 0.2) is 22.7 Å². The van der Waals surface area contributed by atoms with Gasteiger partial charge in [-0.3, -0.25) is 4.79 Å². The third kappa shape index (κ3) is 2.10. The number of hydrogen-bond donors (Lipinski definition) is 1. The van der Waals surface area contributed by atoms with E-state index in [0.29, 0.717) is 6.54 Å². The lowest BCUT2D eigenvalue weighted by Gasteiger charge is -2.15. The van der Waals surface area contributed by atoms with Gasteiger partial charge in [0, 0.05) is 16.6 Å². The third-order valence-electron chi connectivity index (χ3n) is 1.97. The number of benzene rings is 1. The van der Waals surface area contributed by atoms with Crippen LogP contribution in [0, 0.1) is 0 Å². The smallest absolute Gasteiger partial charge is 0.176 e. The van der Waals surface area contributed by atoms with Gasteiger partial charge in [0.05, 0.1) is 6.54 Å². The molecule has 70 valence electrons. The Labute approximate surface area is 91.3 Å². The molecule has 0 spiro atoms. The quantitative estimate of drug-likeness (QED) is 0.776. The second kappa shape index (κ2) is 4.22. The van der Waals surface area contributed by atoms with Crippen molar-refractivity contribution in [3.63, 3.8) is 0 Å². The molecule has 13 heavy (non-hydrogen) atoms. The van der Waals surface area contributed by atoms with Crippen molar-refractivity contribution >= 4 is 34.1 Å². The molecule has 1 heterocycles. The van der Waals surface area contributed by atoms with Crippen LogP contribution in [0.25, 0.3) is 0 Å². The molecule has 2 nitrogen and oxygen atoms in total. The van der Waals surface area contributed by atoms with Gasteiger partial charge in [0.2, 0.25) is 0 Å². The van der Waals surface area contributed by atoms with E-state index in [9.17, 15) is 4.79 Å². The van der Waals surface area contributed by atoms with E-state index in [1.807, 2.05) is 18.2 Å². The highest BCUT2D eigenvalue weighted by atomic mass is 79.9. The Morgan fingerprint density at radius 1 is 1.31 bits per heavy atom. The average molecular weight is 263 g/mol. The minimum atomic E-state index is 0. The minimum absolute atomic E-state index is 0. The van der Waals surface area contributed by atoms with Gasteiger partial charge < -0.3 is 5.32 Å². The number of carbonyl (C=O) groups excluding carboxylic acids is 1. The van der Waals surface area contributed by atoms with E-state index in [4.69, 9.17) is 0 Å². The first kappa shape index (κ1) is 10.7. The summed E-state index contributed by atoms with van der Waals surface area (Å²) in [5.74, 6) is 0.184. The summed E-state index contributed by atoms with van der Waals surface area (Å²) in [5.41, 5.74) is 1.94. The molecule has 0 aromatic heterocycles. The Hall–Kier alpha value is -0.380. The molecule has 0 radical (unpaired) electrons. The number of ketones is 1. The van der Waals surface area contributed by atoms with Crippen LogP contribution in [0.1, 0.15) is 15.9 Å². The monoisotopic (exact) mass is 261 g/mol. The molecule has 1 aromatic carbocycles. The van der Waals surface area contributed by atoms with Gasteiger partial charge in [0.25, 0.3) is 0 Å². The normalized spacial score (nSPS) is 14.7. The number of halogens is 2. The van der Waals surface area contributed by atoms with Crippen LogP contribution in [-0.4, -0.2) is 12.3 Å². The number of Topliss-reactive ketones (excluding diaryl/α,β-unsaturated/α-hetero) is 1. The van der Waals surface area contributed by atoms with Crippen LogP contribution in [0.2, 0.25) is 0 Å². The van der Waals surface area contributed by atoms with E-state index in [0.717, 1.165) is 22.1 Å². The van der Waals surface area contributed by atoms with Crippen LogP contribution in [-0.2, 0) is 6.54 Å². The summed E-state index contributed by atoms with van der Waals surface area (Å²) in [5, 5.41) is 3.05. The number of carbonyl (C=O) groups is 1. The molecule has 0 saturated carbocycles. The van der Waals surface area contributed by atoms with Crippen molar-refractivity contribution in [3.05, 3.63) is 33.8 Å². The molecule has 4 heteroatoms. The Kier molecular flexibility index (Phi) is 3.47. The van der Waals surface area contributed by atoms with Gasteiger partial charge in [-0.1, -0.05) is 15.9 Å². The fourth-order valence-electron chi connectivity index (χ4n) is 1.39. The molecule has 0 bridgehead atoms. The van der Waals surface area contributed by atoms with E-state index in [2.05, 4.69) is 21.2 Å². The van der Waals surface area contributed by atoms with E-state index in [-0.39, 0.29) is 18.2 Å². The molecule has 0 unspecified atom stereocenters. The van der Waals surface area contributed by atoms with Crippen molar-refractivity contribution in [2.45, 2.75) is 6.54 Å². The highest BCUT2D eigenvalue weighted by molar-refractivity contribution is 9.10. The van der Waals surface area contributed by atoms with Crippen LogP contribution < -0.4 is 5.32 Å². The van der Waals surface area contributed by atoms with E-state index >= 15 is 0 Å². The van der Waals surface area contributed by atoms with Crippen LogP contribution in [0.4, 0.5) is 0 Å². The van der Waals surface area contributed by atoms with Gasteiger partial charge >= 0.3 is 0 Å². The zero-order valence-electron chi connectivity index (χ0n) is 6.84. The highest BCUT2D eigenvalue weighted by Crippen LogP contribution is 2.18. The lowest BCUT2D eigenvalue weighted by atomic mass is 10.0. The zero-order valence-corrected chi connectivity index (χ0v) is 9.24. The van der Waals surface area contributed by atoms with Gasteiger partial charge in [-0.2, -0.15) is 0 Å². The lowest BCUT2D eigenvalue weighted by molar-refractivity contribution is 0.0982. The first-order valence-corrected chi connectivity index (χ1v) is 4.59. The third-order valence-corrected chi connectivity index (χ3v) is 2.46. The fourth-order valence-corrected chi connectivity index (χ4v) is 1.79. The van der Waals surface area contributed by atoms with Crippen molar-refractivity contribution in [2.75, 3.05) is 6.54 Å². The summed E-state index contributed by atoms with van der Waals surface area (Å²) >= 11 is 3.37. The maximum atomic E-state index is 11.3. The number of fused-ring (bicyclic) bond motifs is 1. The van der Waals surface area contributed by atoms with Crippen molar-refractivity contribution in [1.82, 2.24) is 5.32 Å². The molecule has 0 amide bonds. The van der Waals surface area contributed by atoms with Gasteiger partial charge in [-0.25, -0.2) is 0 Å². The molecule has 1 aromatic rings. The summed E-state index contributed by atoms with van der Waals surface area (Å²) in [6, 6.07) is 5.77. The number of rotatable bonds is 0. The van der Waals surface area contributed by atoms with E-state index < -0.39 is 0 Å². The second-order valence-electron chi connectivity index (χ2n) is 2.83. The predicted molar refractivity (Wildman–Crippen MR) is 57.4 cm³/mol. The largest absolute Gasteiger partial charge is 0.306 e. The maximum absolute atomic E-state index is 11.3. The maximum Gasteiger partial charge on any atom is 0.176 e. The molecule has 1 aliphatic rings. The standard InChI is InChI=1S/C9H8BrNO.ClH/c10-7-1-2-8-6(3-7)4-11-5-9(8)12;/h1-3,11H,4-5H2;1H. The highest BCUT2D eigenvalue weighted by Gasteiger charge is 2.15. The first-order chi connectivity index (χ1) is 5.77. The molecule has 1 N–H and O–H groups in total. The summed E-state index contributed by atoms with van der Waals surface area (Å²) < 4.78 is 1.03. The van der Waals surface area contributed by atoms with Crippen LogP contribution >= 0.6 is 28.3 Å². The Balaban J connectivity index is 0.000000845. The molecular formula is C9H9BrClNO. The van der Waals surface area contributed by atoms with Crippen molar-refractivity contribution in [3.8, 4) is 0 Å². The molecule has 1 aliphatic heterocycles. The average Bonchev–Trinajstić information content (AvgIpc) is 2.04. The molecule has 2 rings (SSSR count).